The van der Waals surface area contributed by atoms with Gasteiger partial charge in [0.2, 0.25) is 0 Å². The van der Waals surface area contributed by atoms with Gasteiger partial charge in [0.25, 0.3) is 5.91 Å². The molecular weight excluding hydrogens is 416 g/mol. The second-order valence-electron chi connectivity index (χ2n) is 8.90. The standard InChI is InChI=1S/C27H34N2O4/c1-3-29(21-10-13-32-14-11-21)25-9-6-8-23-22(25)7-4-5-12-33-18-20-15-19(2)16-26(30)24(20)17-28-27(23)31/h4-6,8-9,15,21H,3,7,10-14,16-18H2,1-2H3,(H,28,31)/b5-4-. The topological polar surface area (TPSA) is 67.9 Å². The molecule has 3 aliphatic rings. The minimum absolute atomic E-state index is 0.0602. The van der Waals surface area contributed by atoms with Gasteiger partial charge in [0.15, 0.2) is 5.78 Å². The normalized spacial score (nSPS) is 21.6. The summed E-state index contributed by atoms with van der Waals surface area (Å²) in [5.41, 5.74) is 5.31. The number of ether oxygens (including phenoxy) is 2. The Bertz CT molecular complexity index is 986. The van der Waals surface area contributed by atoms with Crippen LogP contribution in [0.25, 0.3) is 0 Å². The largest absolute Gasteiger partial charge is 0.381 e. The number of hydrogen-bond acceptors (Lipinski definition) is 5. The van der Waals surface area contributed by atoms with Crippen LogP contribution in [0.5, 0.6) is 0 Å². The highest BCUT2D eigenvalue weighted by Crippen LogP contribution is 2.30. The lowest BCUT2D eigenvalue weighted by atomic mass is 9.92. The lowest BCUT2D eigenvalue weighted by molar-refractivity contribution is -0.115. The van der Waals surface area contributed by atoms with E-state index >= 15 is 0 Å². The molecule has 0 unspecified atom stereocenters. The van der Waals surface area contributed by atoms with Crippen molar-refractivity contribution in [3.8, 4) is 0 Å². The summed E-state index contributed by atoms with van der Waals surface area (Å²) in [6.07, 6.45) is 9.11. The number of nitrogens with one attached hydrogen (secondary N) is 1. The molecule has 1 fully saturated rings. The fraction of sp³-hybridized carbons (Fsp3) is 0.481. The van der Waals surface area contributed by atoms with Gasteiger partial charge in [-0.1, -0.05) is 29.9 Å². The smallest absolute Gasteiger partial charge is 0.251 e. The molecule has 6 heteroatoms. The zero-order chi connectivity index (χ0) is 23.2. The molecule has 1 aromatic rings. The van der Waals surface area contributed by atoms with E-state index in [1.807, 2.05) is 31.2 Å². The van der Waals surface area contributed by atoms with Crippen LogP contribution in [0.1, 0.15) is 49.0 Å². The lowest BCUT2D eigenvalue weighted by Gasteiger charge is -2.37. The lowest BCUT2D eigenvalue weighted by Crippen LogP contribution is -2.40. The summed E-state index contributed by atoms with van der Waals surface area (Å²) in [5, 5.41) is 3.02. The van der Waals surface area contributed by atoms with Gasteiger partial charge in [-0.05, 0) is 56.4 Å². The van der Waals surface area contributed by atoms with Gasteiger partial charge in [0.1, 0.15) is 0 Å². The van der Waals surface area contributed by atoms with Gasteiger partial charge in [-0.25, -0.2) is 0 Å². The Kier molecular flexibility index (Phi) is 7.78. The van der Waals surface area contributed by atoms with Gasteiger partial charge < -0.3 is 19.7 Å². The van der Waals surface area contributed by atoms with E-state index in [0.717, 1.165) is 55.0 Å². The quantitative estimate of drug-likeness (QED) is 0.710. The van der Waals surface area contributed by atoms with Crippen LogP contribution < -0.4 is 10.2 Å². The molecule has 33 heavy (non-hydrogen) atoms. The van der Waals surface area contributed by atoms with Crippen molar-refractivity contribution in [2.24, 2.45) is 0 Å². The van der Waals surface area contributed by atoms with Gasteiger partial charge in [0, 0.05) is 55.6 Å². The Balaban J connectivity index is 1.68. The van der Waals surface area contributed by atoms with Crippen molar-refractivity contribution < 1.29 is 19.1 Å². The van der Waals surface area contributed by atoms with Gasteiger partial charge in [-0.2, -0.15) is 0 Å². The number of allylic oxidation sites excluding steroid dienone is 2. The molecule has 0 spiro atoms. The molecule has 0 aromatic heterocycles. The van der Waals surface area contributed by atoms with Crippen molar-refractivity contribution >= 4 is 17.4 Å². The highest BCUT2D eigenvalue weighted by Gasteiger charge is 2.26. The Morgan fingerprint density at radius 2 is 1.94 bits per heavy atom. The molecule has 0 saturated carbocycles. The Hall–Kier alpha value is -2.70. The third-order valence-electron chi connectivity index (χ3n) is 6.65. The number of fused-ring (bicyclic) bond motifs is 1. The van der Waals surface area contributed by atoms with E-state index in [-0.39, 0.29) is 18.2 Å². The van der Waals surface area contributed by atoms with E-state index < -0.39 is 0 Å². The van der Waals surface area contributed by atoms with Crippen LogP contribution in [0.3, 0.4) is 0 Å². The molecule has 1 N–H and O–H groups in total. The zero-order valence-corrected chi connectivity index (χ0v) is 19.7. The van der Waals surface area contributed by atoms with E-state index in [1.165, 1.54) is 0 Å². The van der Waals surface area contributed by atoms with Crippen LogP contribution in [0, 0.1) is 0 Å². The number of anilines is 1. The first-order valence-corrected chi connectivity index (χ1v) is 12.0. The van der Waals surface area contributed by atoms with Crippen molar-refractivity contribution in [1.82, 2.24) is 5.32 Å². The zero-order valence-electron chi connectivity index (χ0n) is 19.7. The Morgan fingerprint density at radius 1 is 1.12 bits per heavy atom. The van der Waals surface area contributed by atoms with Gasteiger partial charge in [0.05, 0.1) is 13.2 Å². The number of amides is 1. The summed E-state index contributed by atoms with van der Waals surface area (Å²) in [4.78, 5) is 28.4. The van der Waals surface area contributed by atoms with E-state index in [1.54, 1.807) is 0 Å². The van der Waals surface area contributed by atoms with E-state index in [9.17, 15) is 9.59 Å². The first-order chi connectivity index (χ1) is 16.1. The molecule has 0 radical (unpaired) electrons. The van der Waals surface area contributed by atoms with Gasteiger partial charge >= 0.3 is 0 Å². The third-order valence-corrected chi connectivity index (χ3v) is 6.65. The summed E-state index contributed by atoms with van der Waals surface area (Å²) < 4.78 is 11.4. The van der Waals surface area contributed by atoms with Crippen LogP contribution in [0.15, 0.2) is 53.1 Å². The van der Waals surface area contributed by atoms with Crippen LogP contribution in [0.4, 0.5) is 5.69 Å². The molecule has 1 saturated heterocycles. The molecule has 0 bridgehead atoms. The average Bonchev–Trinajstić information content (AvgIpc) is 2.83. The summed E-state index contributed by atoms with van der Waals surface area (Å²) in [7, 11) is 0. The average molecular weight is 451 g/mol. The highest BCUT2D eigenvalue weighted by atomic mass is 16.5. The Morgan fingerprint density at radius 3 is 2.73 bits per heavy atom. The molecule has 1 aliphatic carbocycles. The molecule has 0 atom stereocenters. The second kappa shape index (κ2) is 10.9. The SMILES string of the molecule is CCN(c1cccc2c1C/C=C\COCC1=C(CNC2=O)C(=O)CC(C)=C1)C1CCOCC1. The number of hydrogen-bond donors (Lipinski definition) is 1. The third kappa shape index (κ3) is 5.45. The molecular formula is C27H34N2O4. The Labute approximate surface area is 196 Å². The number of nitrogens with zero attached hydrogens (tertiary/aromatic N) is 1. The summed E-state index contributed by atoms with van der Waals surface area (Å²) in [6, 6.07) is 6.37. The molecule has 176 valence electrons. The number of ketones is 1. The maximum Gasteiger partial charge on any atom is 0.251 e. The predicted molar refractivity (Wildman–Crippen MR) is 130 cm³/mol. The summed E-state index contributed by atoms with van der Waals surface area (Å²) >= 11 is 0. The summed E-state index contributed by atoms with van der Waals surface area (Å²) in [6.45, 7) is 7.58. The van der Waals surface area contributed by atoms with Crippen molar-refractivity contribution in [3.05, 3.63) is 64.3 Å². The molecule has 2 heterocycles. The van der Waals surface area contributed by atoms with Gasteiger partial charge in [-0.15, -0.1) is 0 Å². The molecule has 6 nitrogen and oxygen atoms in total. The van der Waals surface area contributed by atoms with Crippen molar-refractivity contribution in [3.63, 3.8) is 0 Å². The molecule has 4 rings (SSSR count). The van der Waals surface area contributed by atoms with Crippen LogP contribution in [0.2, 0.25) is 0 Å². The van der Waals surface area contributed by atoms with E-state index in [4.69, 9.17) is 9.47 Å². The maximum atomic E-state index is 13.3. The fourth-order valence-corrected chi connectivity index (χ4v) is 4.98. The highest BCUT2D eigenvalue weighted by molar-refractivity contribution is 6.02. The number of carbonyl (C=O) groups is 2. The monoisotopic (exact) mass is 450 g/mol. The number of rotatable bonds is 3. The van der Waals surface area contributed by atoms with Crippen molar-refractivity contribution in [1.29, 1.82) is 0 Å². The molecule has 2 aliphatic heterocycles. The minimum atomic E-state index is -0.144. The van der Waals surface area contributed by atoms with Crippen LogP contribution >= 0.6 is 0 Å². The molecule has 1 aromatic carbocycles. The van der Waals surface area contributed by atoms with Crippen LogP contribution in [-0.4, -0.2) is 57.2 Å². The fourth-order valence-electron chi connectivity index (χ4n) is 4.98. The van der Waals surface area contributed by atoms with Crippen molar-refractivity contribution in [2.45, 2.75) is 45.6 Å². The number of carbonyl (C=O) groups excluding carboxylic acids is 2. The van der Waals surface area contributed by atoms with Gasteiger partial charge in [-0.3, -0.25) is 9.59 Å². The van der Waals surface area contributed by atoms with Crippen LogP contribution in [-0.2, 0) is 20.7 Å². The minimum Gasteiger partial charge on any atom is -0.381 e. The summed E-state index contributed by atoms with van der Waals surface area (Å²) in [5.74, 6) is -0.0839. The molecule has 1 amide bonds. The first kappa shape index (κ1) is 23.5. The van der Waals surface area contributed by atoms with E-state index in [2.05, 4.69) is 29.3 Å². The second-order valence-corrected chi connectivity index (χ2v) is 8.90. The van der Waals surface area contributed by atoms with Crippen molar-refractivity contribution in [2.75, 3.05) is 44.4 Å². The predicted octanol–water partition coefficient (Wildman–Crippen LogP) is 3.77. The van der Waals surface area contributed by atoms with E-state index in [0.29, 0.717) is 43.2 Å². The number of Topliss-reactive ketones (excluding diaryl/α,β-unsaturated/α-hetero) is 1. The maximum absolute atomic E-state index is 13.3. The number of benzene rings is 1. The first-order valence-electron chi connectivity index (χ1n) is 12.0.